The molecule has 0 aliphatic carbocycles. The van der Waals surface area contributed by atoms with Crippen LogP contribution in [0.25, 0.3) is 0 Å². The number of amidine groups is 1. The van der Waals surface area contributed by atoms with E-state index in [0.29, 0.717) is 5.17 Å². The Labute approximate surface area is 170 Å². The molecule has 1 saturated heterocycles. The van der Waals surface area contributed by atoms with E-state index in [9.17, 15) is 9.59 Å². The minimum absolute atomic E-state index is 0.0936. The molecule has 1 aliphatic rings. The van der Waals surface area contributed by atoms with Crippen molar-refractivity contribution in [3.05, 3.63) is 58.7 Å². The van der Waals surface area contributed by atoms with Gasteiger partial charge in [0.2, 0.25) is 11.8 Å². The van der Waals surface area contributed by atoms with E-state index in [0.717, 1.165) is 33.6 Å². The molecule has 1 heterocycles. The SMILES string of the molecule is Cc1cccc(N=C2S[C@H](CC(=O)Nc3c(C)cc(C)cc3C)C(=O)N2C)c1. The van der Waals surface area contributed by atoms with Crippen molar-refractivity contribution in [2.24, 2.45) is 4.99 Å². The van der Waals surface area contributed by atoms with E-state index in [1.807, 2.05) is 64.1 Å². The molecule has 0 spiro atoms. The van der Waals surface area contributed by atoms with E-state index in [1.54, 1.807) is 7.05 Å². The molecule has 0 aromatic heterocycles. The Morgan fingerprint density at radius 1 is 1.11 bits per heavy atom. The summed E-state index contributed by atoms with van der Waals surface area (Å²) in [5.41, 5.74) is 5.95. The van der Waals surface area contributed by atoms with E-state index in [4.69, 9.17) is 0 Å². The lowest BCUT2D eigenvalue weighted by molar-refractivity contribution is -0.127. The van der Waals surface area contributed by atoms with Gasteiger partial charge in [0.25, 0.3) is 0 Å². The van der Waals surface area contributed by atoms with Crippen LogP contribution >= 0.6 is 11.8 Å². The number of benzene rings is 2. The van der Waals surface area contributed by atoms with Gasteiger partial charge in [0.05, 0.1) is 5.69 Å². The predicted molar refractivity (Wildman–Crippen MR) is 116 cm³/mol. The number of hydrogen-bond donors (Lipinski definition) is 1. The zero-order chi connectivity index (χ0) is 20.4. The van der Waals surface area contributed by atoms with Crippen LogP contribution in [0.15, 0.2) is 41.4 Å². The van der Waals surface area contributed by atoms with Crippen LogP contribution in [0.5, 0.6) is 0 Å². The van der Waals surface area contributed by atoms with Crippen LogP contribution in [-0.2, 0) is 9.59 Å². The molecule has 1 aliphatic heterocycles. The van der Waals surface area contributed by atoms with Gasteiger partial charge in [0.15, 0.2) is 5.17 Å². The third kappa shape index (κ3) is 4.44. The monoisotopic (exact) mass is 395 g/mol. The number of aliphatic imine (C=N–C) groups is 1. The number of hydrogen-bond acceptors (Lipinski definition) is 4. The molecule has 2 aromatic carbocycles. The summed E-state index contributed by atoms with van der Waals surface area (Å²) in [6.45, 7) is 7.99. The molecule has 2 amide bonds. The summed E-state index contributed by atoms with van der Waals surface area (Å²) in [6.07, 6.45) is 0.118. The molecule has 146 valence electrons. The van der Waals surface area contributed by atoms with Crippen LogP contribution in [0.4, 0.5) is 11.4 Å². The second kappa shape index (κ2) is 8.19. The summed E-state index contributed by atoms with van der Waals surface area (Å²) in [4.78, 5) is 31.3. The first-order valence-corrected chi connectivity index (χ1v) is 10.1. The molecule has 1 N–H and O–H groups in total. The fraction of sp³-hybridized carbons (Fsp3) is 0.318. The van der Waals surface area contributed by atoms with Crippen molar-refractivity contribution in [2.45, 2.75) is 39.4 Å². The minimum Gasteiger partial charge on any atom is -0.326 e. The third-order valence-corrected chi connectivity index (χ3v) is 5.91. The predicted octanol–water partition coefficient (Wildman–Crippen LogP) is 4.51. The largest absolute Gasteiger partial charge is 0.326 e. The summed E-state index contributed by atoms with van der Waals surface area (Å²) in [7, 11) is 1.70. The Morgan fingerprint density at radius 3 is 2.43 bits per heavy atom. The smallest absolute Gasteiger partial charge is 0.242 e. The zero-order valence-corrected chi connectivity index (χ0v) is 17.7. The van der Waals surface area contributed by atoms with Crippen LogP contribution in [0.2, 0.25) is 0 Å². The molecule has 1 atom stereocenters. The Hall–Kier alpha value is -2.60. The van der Waals surface area contributed by atoms with E-state index in [-0.39, 0.29) is 18.2 Å². The topological polar surface area (TPSA) is 61.8 Å². The van der Waals surface area contributed by atoms with Gasteiger partial charge in [-0.05, 0) is 56.5 Å². The van der Waals surface area contributed by atoms with Crippen molar-refractivity contribution >= 4 is 40.1 Å². The van der Waals surface area contributed by atoms with Crippen molar-refractivity contribution < 1.29 is 9.59 Å². The number of anilines is 1. The van der Waals surface area contributed by atoms with Crippen molar-refractivity contribution in [1.29, 1.82) is 0 Å². The molecular formula is C22H25N3O2S. The van der Waals surface area contributed by atoms with Crippen LogP contribution in [0.3, 0.4) is 0 Å². The van der Waals surface area contributed by atoms with Gasteiger partial charge in [-0.3, -0.25) is 14.5 Å². The summed E-state index contributed by atoms with van der Waals surface area (Å²) in [6, 6.07) is 11.9. The van der Waals surface area contributed by atoms with Crippen molar-refractivity contribution in [3.63, 3.8) is 0 Å². The fourth-order valence-corrected chi connectivity index (χ4v) is 4.50. The second-order valence-corrected chi connectivity index (χ2v) is 8.43. The van der Waals surface area contributed by atoms with Crippen molar-refractivity contribution in [2.75, 3.05) is 12.4 Å². The molecule has 6 heteroatoms. The van der Waals surface area contributed by atoms with Gasteiger partial charge in [0.1, 0.15) is 5.25 Å². The van der Waals surface area contributed by atoms with E-state index in [2.05, 4.69) is 10.3 Å². The highest BCUT2D eigenvalue weighted by Gasteiger charge is 2.37. The number of nitrogens with one attached hydrogen (secondary N) is 1. The maximum absolute atomic E-state index is 12.6. The van der Waals surface area contributed by atoms with Gasteiger partial charge in [0, 0.05) is 19.2 Å². The number of thioether (sulfide) groups is 1. The molecule has 3 rings (SSSR count). The van der Waals surface area contributed by atoms with Gasteiger partial charge in [-0.1, -0.05) is 41.6 Å². The fourth-order valence-electron chi connectivity index (χ4n) is 3.34. The lowest BCUT2D eigenvalue weighted by atomic mass is 10.0. The van der Waals surface area contributed by atoms with Gasteiger partial charge < -0.3 is 5.32 Å². The number of aryl methyl sites for hydroxylation is 4. The summed E-state index contributed by atoms with van der Waals surface area (Å²) in [5.74, 6) is -0.255. The quantitative estimate of drug-likeness (QED) is 0.828. The first-order valence-electron chi connectivity index (χ1n) is 9.22. The van der Waals surface area contributed by atoms with Crippen molar-refractivity contribution in [1.82, 2.24) is 4.90 Å². The maximum Gasteiger partial charge on any atom is 0.242 e. The number of carbonyl (C=O) groups excluding carboxylic acids is 2. The first-order chi connectivity index (χ1) is 13.2. The van der Waals surface area contributed by atoms with Crippen LogP contribution < -0.4 is 5.32 Å². The average Bonchev–Trinajstić information content (AvgIpc) is 2.86. The van der Waals surface area contributed by atoms with E-state index in [1.165, 1.54) is 16.7 Å². The summed E-state index contributed by atoms with van der Waals surface area (Å²) < 4.78 is 0. The molecule has 28 heavy (non-hydrogen) atoms. The minimum atomic E-state index is -0.459. The Balaban J connectivity index is 1.71. The maximum atomic E-state index is 12.6. The highest BCUT2D eigenvalue weighted by molar-refractivity contribution is 8.15. The number of carbonyl (C=O) groups is 2. The second-order valence-electron chi connectivity index (χ2n) is 7.26. The normalized spacial score (nSPS) is 18.0. The average molecular weight is 396 g/mol. The Bertz CT molecular complexity index is 945. The molecule has 0 bridgehead atoms. The van der Waals surface area contributed by atoms with E-state index >= 15 is 0 Å². The molecule has 0 saturated carbocycles. The zero-order valence-electron chi connectivity index (χ0n) is 16.9. The van der Waals surface area contributed by atoms with Gasteiger partial charge in [-0.2, -0.15) is 0 Å². The van der Waals surface area contributed by atoms with Gasteiger partial charge in [-0.15, -0.1) is 0 Å². The molecule has 0 radical (unpaired) electrons. The molecule has 0 unspecified atom stereocenters. The standard InChI is InChI=1S/C22H25N3O2S/c1-13-7-6-8-17(11-13)23-22-25(5)21(27)18(28-22)12-19(26)24-20-15(3)9-14(2)10-16(20)4/h6-11,18H,12H2,1-5H3,(H,24,26)/t18-/m1/s1. The number of rotatable bonds is 4. The molecule has 1 fully saturated rings. The lowest BCUT2D eigenvalue weighted by Crippen LogP contribution is -2.30. The number of amides is 2. The third-order valence-electron chi connectivity index (χ3n) is 4.68. The van der Waals surface area contributed by atoms with Crippen LogP contribution in [-0.4, -0.2) is 34.2 Å². The van der Waals surface area contributed by atoms with E-state index < -0.39 is 5.25 Å². The summed E-state index contributed by atoms with van der Waals surface area (Å²) in [5, 5.41) is 3.14. The van der Waals surface area contributed by atoms with Gasteiger partial charge in [-0.25, -0.2) is 4.99 Å². The number of nitrogens with zero attached hydrogens (tertiary/aromatic N) is 2. The Kier molecular flexibility index (Phi) is 5.89. The van der Waals surface area contributed by atoms with Crippen LogP contribution in [0, 0.1) is 27.7 Å². The van der Waals surface area contributed by atoms with Crippen molar-refractivity contribution in [3.8, 4) is 0 Å². The molecule has 5 nitrogen and oxygen atoms in total. The summed E-state index contributed by atoms with van der Waals surface area (Å²) >= 11 is 1.34. The Morgan fingerprint density at radius 2 is 1.79 bits per heavy atom. The van der Waals surface area contributed by atoms with Crippen LogP contribution in [0.1, 0.15) is 28.7 Å². The lowest BCUT2D eigenvalue weighted by Gasteiger charge is -2.14. The molecule has 2 aromatic rings. The molecular weight excluding hydrogens is 370 g/mol. The highest BCUT2D eigenvalue weighted by atomic mass is 32.2. The van der Waals surface area contributed by atoms with Gasteiger partial charge >= 0.3 is 0 Å². The first kappa shape index (κ1) is 20.1. The highest BCUT2D eigenvalue weighted by Crippen LogP contribution is 2.31.